The standard InChI is InChI=1S/C17H12Cl2N2O2/c1-23-12-5-2-10(3-6-12)8-15-17(22)21-16(20-15)13-7-4-11(18)9-14(13)19/h2-9H,1H3,(H,20,21,22)/b15-8-. The van der Waals surface area contributed by atoms with Crippen molar-refractivity contribution in [2.24, 2.45) is 4.99 Å². The van der Waals surface area contributed by atoms with Crippen LogP contribution < -0.4 is 10.1 Å². The van der Waals surface area contributed by atoms with Crippen molar-refractivity contribution >= 4 is 41.0 Å². The number of carbonyl (C=O) groups excluding carboxylic acids is 1. The van der Waals surface area contributed by atoms with Crippen molar-refractivity contribution in [1.82, 2.24) is 5.32 Å². The van der Waals surface area contributed by atoms with E-state index >= 15 is 0 Å². The van der Waals surface area contributed by atoms with E-state index in [9.17, 15) is 4.79 Å². The molecule has 0 bridgehead atoms. The van der Waals surface area contributed by atoms with E-state index in [0.717, 1.165) is 11.3 Å². The maximum absolute atomic E-state index is 12.1. The van der Waals surface area contributed by atoms with Gasteiger partial charge in [-0.25, -0.2) is 4.99 Å². The van der Waals surface area contributed by atoms with E-state index in [1.165, 1.54) is 0 Å². The van der Waals surface area contributed by atoms with Crippen molar-refractivity contribution in [3.05, 3.63) is 69.3 Å². The van der Waals surface area contributed by atoms with E-state index in [1.807, 2.05) is 24.3 Å². The van der Waals surface area contributed by atoms with E-state index in [4.69, 9.17) is 27.9 Å². The summed E-state index contributed by atoms with van der Waals surface area (Å²) in [6, 6.07) is 12.4. The van der Waals surface area contributed by atoms with Gasteiger partial charge in [0.1, 0.15) is 17.3 Å². The summed E-state index contributed by atoms with van der Waals surface area (Å²) in [5.74, 6) is 0.887. The van der Waals surface area contributed by atoms with Gasteiger partial charge in [-0.15, -0.1) is 0 Å². The molecule has 1 heterocycles. The first-order valence-electron chi connectivity index (χ1n) is 6.78. The number of hydrogen-bond donors (Lipinski definition) is 1. The summed E-state index contributed by atoms with van der Waals surface area (Å²) < 4.78 is 5.11. The van der Waals surface area contributed by atoms with Crippen LogP contribution >= 0.6 is 23.2 Å². The third-order valence-corrected chi connectivity index (χ3v) is 3.85. The molecule has 4 nitrogen and oxygen atoms in total. The molecule has 0 aliphatic carbocycles. The van der Waals surface area contributed by atoms with Crippen molar-refractivity contribution < 1.29 is 9.53 Å². The minimum atomic E-state index is -0.276. The predicted molar refractivity (Wildman–Crippen MR) is 92.1 cm³/mol. The Hall–Kier alpha value is -2.30. The Balaban J connectivity index is 1.92. The minimum Gasteiger partial charge on any atom is -0.497 e. The van der Waals surface area contributed by atoms with E-state index in [2.05, 4.69) is 10.3 Å². The summed E-state index contributed by atoms with van der Waals surface area (Å²) in [6.45, 7) is 0. The zero-order chi connectivity index (χ0) is 16.4. The highest BCUT2D eigenvalue weighted by Gasteiger charge is 2.22. The molecule has 0 radical (unpaired) electrons. The fraction of sp³-hybridized carbons (Fsp3) is 0.0588. The number of nitrogens with one attached hydrogen (secondary N) is 1. The molecule has 0 aromatic heterocycles. The number of carbonyl (C=O) groups is 1. The van der Waals surface area contributed by atoms with Crippen molar-refractivity contribution in [2.75, 3.05) is 7.11 Å². The first-order valence-corrected chi connectivity index (χ1v) is 7.53. The molecule has 6 heteroatoms. The van der Waals surface area contributed by atoms with Gasteiger partial charge < -0.3 is 10.1 Å². The smallest absolute Gasteiger partial charge is 0.275 e. The Morgan fingerprint density at radius 1 is 1.13 bits per heavy atom. The second kappa shape index (κ2) is 6.44. The molecule has 1 N–H and O–H groups in total. The third-order valence-electron chi connectivity index (χ3n) is 3.30. The molecule has 116 valence electrons. The van der Waals surface area contributed by atoms with Gasteiger partial charge in [0, 0.05) is 10.6 Å². The number of methoxy groups -OCH3 is 1. The second-order valence-corrected chi connectivity index (χ2v) is 5.69. The average molecular weight is 347 g/mol. The number of halogens is 2. The van der Waals surface area contributed by atoms with Gasteiger partial charge in [0.25, 0.3) is 5.91 Å². The molecule has 1 amide bonds. The second-order valence-electron chi connectivity index (χ2n) is 4.84. The topological polar surface area (TPSA) is 50.7 Å². The summed E-state index contributed by atoms with van der Waals surface area (Å²) in [6.07, 6.45) is 1.70. The van der Waals surface area contributed by atoms with Gasteiger partial charge in [0.15, 0.2) is 0 Å². The molecule has 0 fully saturated rings. The number of aliphatic imine (C=N–C) groups is 1. The van der Waals surface area contributed by atoms with Crippen LogP contribution in [0.1, 0.15) is 11.1 Å². The van der Waals surface area contributed by atoms with Crippen LogP contribution in [0.5, 0.6) is 5.75 Å². The predicted octanol–water partition coefficient (Wildman–Crippen LogP) is 3.92. The summed E-state index contributed by atoms with van der Waals surface area (Å²) >= 11 is 12.0. The molecule has 0 saturated heterocycles. The number of rotatable bonds is 3. The molecule has 1 aliphatic heterocycles. The molecule has 0 unspecified atom stereocenters. The van der Waals surface area contributed by atoms with Crippen molar-refractivity contribution in [2.45, 2.75) is 0 Å². The summed E-state index contributed by atoms with van der Waals surface area (Å²) in [5.41, 5.74) is 1.79. The van der Waals surface area contributed by atoms with E-state index in [-0.39, 0.29) is 5.91 Å². The van der Waals surface area contributed by atoms with Crippen molar-refractivity contribution in [3.63, 3.8) is 0 Å². The van der Waals surface area contributed by atoms with Crippen LogP contribution in [0.2, 0.25) is 10.0 Å². The number of ether oxygens (including phenoxy) is 1. The van der Waals surface area contributed by atoms with Crippen molar-refractivity contribution in [1.29, 1.82) is 0 Å². The maximum atomic E-state index is 12.1. The molecule has 2 aromatic carbocycles. The van der Waals surface area contributed by atoms with E-state index in [0.29, 0.717) is 27.1 Å². The fourth-order valence-corrected chi connectivity index (χ4v) is 2.63. The molecule has 1 aliphatic rings. The Kier molecular flexibility index (Phi) is 4.37. The lowest BCUT2D eigenvalue weighted by Gasteiger charge is -2.03. The molecule has 23 heavy (non-hydrogen) atoms. The highest BCUT2D eigenvalue weighted by atomic mass is 35.5. The van der Waals surface area contributed by atoms with Crippen LogP contribution in [0.4, 0.5) is 0 Å². The number of benzene rings is 2. The van der Waals surface area contributed by atoms with Gasteiger partial charge in [-0.2, -0.15) is 0 Å². The molecular formula is C17H12Cl2N2O2. The highest BCUT2D eigenvalue weighted by Crippen LogP contribution is 2.24. The van der Waals surface area contributed by atoms with Gasteiger partial charge >= 0.3 is 0 Å². The Labute approximate surface area is 143 Å². The lowest BCUT2D eigenvalue weighted by molar-refractivity contribution is -0.115. The van der Waals surface area contributed by atoms with Crippen LogP contribution in [0.25, 0.3) is 6.08 Å². The minimum absolute atomic E-state index is 0.276. The van der Waals surface area contributed by atoms with Crippen LogP contribution in [0.15, 0.2) is 53.2 Å². The number of hydrogen-bond acceptors (Lipinski definition) is 3. The quantitative estimate of drug-likeness (QED) is 0.856. The number of amidine groups is 1. The summed E-state index contributed by atoms with van der Waals surface area (Å²) in [7, 11) is 1.60. The van der Waals surface area contributed by atoms with Gasteiger partial charge in [0.2, 0.25) is 0 Å². The SMILES string of the molecule is COc1ccc(/C=C2\N=C(c3ccc(Cl)cc3Cl)NC2=O)cc1. The molecule has 3 rings (SSSR count). The first-order chi connectivity index (χ1) is 11.1. The Bertz CT molecular complexity index is 827. The molecule has 0 saturated carbocycles. The lowest BCUT2D eigenvalue weighted by atomic mass is 10.2. The van der Waals surface area contributed by atoms with E-state index < -0.39 is 0 Å². The van der Waals surface area contributed by atoms with Gasteiger partial charge in [-0.3, -0.25) is 4.79 Å². The molecular weight excluding hydrogens is 335 g/mol. The Morgan fingerprint density at radius 2 is 1.87 bits per heavy atom. The van der Waals surface area contributed by atoms with Gasteiger partial charge in [-0.1, -0.05) is 35.3 Å². The monoisotopic (exact) mass is 346 g/mol. The fourth-order valence-electron chi connectivity index (χ4n) is 2.14. The summed E-state index contributed by atoms with van der Waals surface area (Å²) in [4.78, 5) is 16.4. The molecule has 0 spiro atoms. The normalized spacial score (nSPS) is 15.5. The van der Waals surface area contributed by atoms with Crippen molar-refractivity contribution in [3.8, 4) is 5.75 Å². The third kappa shape index (κ3) is 3.38. The molecule has 2 aromatic rings. The highest BCUT2D eigenvalue weighted by molar-refractivity contribution is 6.37. The van der Waals surface area contributed by atoms with Gasteiger partial charge in [-0.05, 0) is 42.0 Å². The average Bonchev–Trinajstić information content (AvgIpc) is 2.88. The number of amides is 1. The maximum Gasteiger partial charge on any atom is 0.275 e. The van der Waals surface area contributed by atoms with Crippen LogP contribution in [-0.4, -0.2) is 18.9 Å². The number of nitrogens with zero attached hydrogens (tertiary/aromatic N) is 1. The van der Waals surface area contributed by atoms with Gasteiger partial charge in [0.05, 0.1) is 12.1 Å². The largest absolute Gasteiger partial charge is 0.497 e. The zero-order valence-electron chi connectivity index (χ0n) is 12.1. The zero-order valence-corrected chi connectivity index (χ0v) is 13.7. The van der Waals surface area contributed by atoms with Crippen LogP contribution in [-0.2, 0) is 4.79 Å². The Morgan fingerprint density at radius 3 is 2.52 bits per heavy atom. The van der Waals surface area contributed by atoms with Crippen LogP contribution in [0, 0.1) is 0 Å². The van der Waals surface area contributed by atoms with E-state index in [1.54, 1.807) is 31.4 Å². The first kappa shape index (κ1) is 15.6. The summed E-state index contributed by atoms with van der Waals surface area (Å²) in [5, 5.41) is 3.67. The lowest BCUT2D eigenvalue weighted by Crippen LogP contribution is -2.24. The molecule has 0 atom stereocenters. The van der Waals surface area contributed by atoms with Crippen LogP contribution in [0.3, 0.4) is 0 Å².